The summed E-state index contributed by atoms with van der Waals surface area (Å²) >= 11 is 12.2. The first kappa shape index (κ1) is 21.7. The fourth-order valence-corrected chi connectivity index (χ4v) is 3.99. The van der Waals surface area contributed by atoms with Crippen molar-refractivity contribution in [2.24, 2.45) is 4.99 Å². The molecule has 0 aromatic heterocycles. The van der Waals surface area contributed by atoms with Crippen molar-refractivity contribution in [3.8, 4) is 5.75 Å². The third-order valence-corrected chi connectivity index (χ3v) is 5.81. The number of aliphatic imine (C=N–C) groups is 1. The molecular formula is C25H24Cl2N2O2. The number of hydrogen-bond donors (Lipinski definition) is 1. The highest BCUT2D eigenvalue weighted by atomic mass is 35.5. The van der Waals surface area contributed by atoms with Crippen LogP contribution in [0.3, 0.4) is 0 Å². The summed E-state index contributed by atoms with van der Waals surface area (Å²) in [5, 5.41) is 5.02. The van der Waals surface area contributed by atoms with E-state index in [1.807, 2.05) is 67.6 Å². The number of hydrogen-bond acceptors (Lipinski definition) is 4. The molecule has 0 saturated heterocycles. The summed E-state index contributed by atoms with van der Waals surface area (Å²) in [5.74, 6) is 1.55. The van der Waals surface area contributed by atoms with Gasteiger partial charge < -0.3 is 14.8 Å². The van der Waals surface area contributed by atoms with Gasteiger partial charge in [-0.25, -0.2) is 0 Å². The highest BCUT2D eigenvalue weighted by molar-refractivity contribution is 6.30. The van der Waals surface area contributed by atoms with Gasteiger partial charge in [0.25, 0.3) is 0 Å². The predicted octanol–water partition coefficient (Wildman–Crippen LogP) is 6.37. The Balaban J connectivity index is 1.75. The maximum atomic E-state index is 6.12. The fraction of sp³-hybridized carbons (Fsp3) is 0.240. The molecule has 2 atom stereocenters. The molecule has 0 fully saturated rings. The van der Waals surface area contributed by atoms with E-state index >= 15 is 0 Å². The van der Waals surface area contributed by atoms with Crippen LogP contribution in [0.4, 0.5) is 0 Å². The van der Waals surface area contributed by atoms with Gasteiger partial charge in [0, 0.05) is 16.7 Å². The summed E-state index contributed by atoms with van der Waals surface area (Å²) in [6.07, 6.45) is 0. The van der Waals surface area contributed by atoms with Crippen LogP contribution in [0.25, 0.3) is 0 Å². The molecule has 4 rings (SSSR count). The maximum Gasteiger partial charge on any atom is 0.133 e. The van der Waals surface area contributed by atoms with Crippen molar-refractivity contribution >= 4 is 29.0 Å². The Kier molecular flexibility index (Phi) is 6.81. The van der Waals surface area contributed by atoms with Gasteiger partial charge in [-0.2, -0.15) is 0 Å². The van der Waals surface area contributed by atoms with E-state index < -0.39 is 0 Å². The molecule has 31 heavy (non-hydrogen) atoms. The lowest BCUT2D eigenvalue weighted by Crippen LogP contribution is -2.25. The normalized spacial score (nSPS) is 17.9. The average molecular weight is 455 g/mol. The topological polar surface area (TPSA) is 42.9 Å². The molecular weight excluding hydrogens is 431 g/mol. The van der Waals surface area contributed by atoms with Crippen molar-refractivity contribution < 1.29 is 9.47 Å². The second kappa shape index (κ2) is 9.73. The van der Waals surface area contributed by atoms with E-state index in [0.717, 1.165) is 33.8 Å². The third-order valence-electron chi connectivity index (χ3n) is 5.31. The Bertz CT molecular complexity index is 1070. The van der Waals surface area contributed by atoms with Crippen molar-refractivity contribution in [1.29, 1.82) is 0 Å². The Morgan fingerprint density at radius 1 is 0.903 bits per heavy atom. The number of halogens is 2. The summed E-state index contributed by atoms with van der Waals surface area (Å²) in [7, 11) is 1.67. The van der Waals surface area contributed by atoms with Gasteiger partial charge in [-0.1, -0.05) is 53.5 Å². The molecule has 4 nitrogen and oxygen atoms in total. The summed E-state index contributed by atoms with van der Waals surface area (Å²) in [6.45, 7) is 3.19. The summed E-state index contributed by atoms with van der Waals surface area (Å²) in [6, 6.07) is 21.6. The molecule has 6 heteroatoms. The van der Waals surface area contributed by atoms with Gasteiger partial charge in [0.05, 0.1) is 25.3 Å². The van der Waals surface area contributed by atoms with Gasteiger partial charge in [0.1, 0.15) is 17.6 Å². The van der Waals surface area contributed by atoms with Crippen molar-refractivity contribution in [1.82, 2.24) is 5.32 Å². The molecule has 0 saturated carbocycles. The standard InChI is InChI=1S/C25H24Cl2N2O2/c1-3-31-15-16-4-13-22(30-2)21(14-16)25-28-23(17-5-9-19(26)10-6-17)24(29-25)18-7-11-20(27)12-8-18/h4-14,23-24H,3,15H2,1-2H3,(H,28,29)/t23-,24+. The zero-order valence-electron chi connectivity index (χ0n) is 17.4. The summed E-state index contributed by atoms with van der Waals surface area (Å²) in [5.41, 5.74) is 4.17. The second-order valence-corrected chi connectivity index (χ2v) is 8.19. The van der Waals surface area contributed by atoms with E-state index in [4.69, 9.17) is 37.7 Å². The molecule has 0 amide bonds. The highest BCUT2D eigenvalue weighted by Gasteiger charge is 2.32. The minimum absolute atomic E-state index is 0.0475. The molecule has 1 aliphatic rings. The molecule has 1 heterocycles. The van der Waals surface area contributed by atoms with Crippen LogP contribution >= 0.6 is 23.2 Å². The van der Waals surface area contributed by atoms with Crippen LogP contribution < -0.4 is 10.1 Å². The number of benzene rings is 3. The first-order valence-electron chi connectivity index (χ1n) is 10.2. The monoisotopic (exact) mass is 454 g/mol. The Labute approximate surface area is 192 Å². The minimum atomic E-state index is -0.117. The number of rotatable bonds is 7. The zero-order chi connectivity index (χ0) is 21.8. The van der Waals surface area contributed by atoms with Crippen LogP contribution in [0, 0.1) is 0 Å². The Hall–Kier alpha value is -2.53. The molecule has 3 aromatic carbocycles. The van der Waals surface area contributed by atoms with Crippen LogP contribution in [-0.4, -0.2) is 19.6 Å². The van der Waals surface area contributed by atoms with E-state index in [2.05, 4.69) is 11.4 Å². The molecule has 0 spiro atoms. The highest BCUT2D eigenvalue weighted by Crippen LogP contribution is 2.39. The maximum absolute atomic E-state index is 6.12. The number of nitrogens with one attached hydrogen (secondary N) is 1. The van der Waals surface area contributed by atoms with Crippen molar-refractivity contribution in [3.05, 3.63) is 99.0 Å². The Morgan fingerprint density at radius 2 is 1.55 bits per heavy atom. The Morgan fingerprint density at radius 3 is 2.16 bits per heavy atom. The number of ether oxygens (including phenoxy) is 2. The third kappa shape index (κ3) is 4.87. The lowest BCUT2D eigenvalue weighted by molar-refractivity contribution is 0.134. The second-order valence-electron chi connectivity index (χ2n) is 7.32. The molecule has 0 unspecified atom stereocenters. The summed E-state index contributed by atoms with van der Waals surface area (Å²) < 4.78 is 11.2. The number of methoxy groups -OCH3 is 1. The molecule has 1 N–H and O–H groups in total. The zero-order valence-corrected chi connectivity index (χ0v) is 19.0. The fourth-order valence-electron chi connectivity index (χ4n) is 3.74. The summed E-state index contributed by atoms with van der Waals surface area (Å²) in [4.78, 5) is 5.08. The van der Waals surface area contributed by atoms with Gasteiger partial charge >= 0.3 is 0 Å². The van der Waals surface area contributed by atoms with Crippen LogP contribution in [0.5, 0.6) is 5.75 Å². The van der Waals surface area contributed by atoms with Crippen LogP contribution in [0.15, 0.2) is 71.7 Å². The predicted molar refractivity (Wildman–Crippen MR) is 126 cm³/mol. The molecule has 0 bridgehead atoms. The lowest BCUT2D eigenvalue weighted by Gasteiger charge is -2.20. The largest absolute Gasteiger partial charge is 0.496 e. The van der Waals surface area contributed by atoms with Gasteiger partial charge in [0.2, 0.25) is 0 Å². The molecule has 0 aliphatic carbocycles. The smallest absolute Gasteiger partial charge is 0.133 e. The molecule has 3 aromatic rings. The number of nitrogens with zero attached hydrogens (tertiary/aromatic N) is 1. The van der Waals surface area contributed by atoms with Gasteiger partial charge in [-0.3, -0.25) is 4.99 Å². The molecule has 160 valence electrons. The van der Waals surface area contributed by atoms with Crippen molar-refractivity contribution in [2.45, 2.75) is 25.6 Å². The lowest BCUT2D eigenvalue weighted by atomic mass is 9.95. The van der Waals surface area contributed by atoms with Crippen LogP contribution in [0.2, 0.25) is 10.0 Å². The SMILES string of the molecule is CCOCc1ccc(OC)c(C2=N[C@H](c3ccc(Cl)cc3)[C@H](c3ccc(Cl)cc3)N2)c1. The van der Waals surface area contributed by atoms with E-state index in [0.29, 0.717) is 23.3 Å². The minimum Gasteiger partial charge on any atom is -0.496 e. The van der Waals surface area contributed by atoms with Gasteiger partial charge in [-0.05, 0) is 60.0 Å². The quantitative estimate of drug-likeness (QED) is 0.450. The van der Waals surface area contributed by atoms with E-state index in [1.165, 1.54) is 0 Å². The number of amidine groups is 1. The van der Waals surface area contributed by atoms with Gasteiger partial charge in [-0.15, -0.1) is 0 Å². The van der Waals surface area contributed by atoms with Crippen LogP contribution in [0.1, 0.15) is 41.3 Å². The average Bonchev–Trinajstić information content (AvgIpc) is 3.24. The first-order chi connectivity index (χ1) is 15.1. The van der Waals surface area contributed by atoms with Gasteiger partial charge in [0.15, 0.2) is 0 Å². The van der Waals surface area contributed by atoms with E-state index in [9.17, 15) is 0 Å². The van der Waals surface area contributed by atoms with Crippen molar-refractivity contribution in [3.63, 3.8) is 0 Å². The van der Waals surface area contributed by atoms with Crippen LogP contribution in [-0.2, 0) is 11.3 Å². The first-order valence-corrected chi connectivity index (χ1v) is 10.9. The van der Waals surface area contributed by atoms with E-state index in [1.54, 1.807) is 7.11 Å². The van der Waals surface area contributed by atoms with Crippen molar-refractivity contribution in [2.75, 3.05) is 13.7 Å². The molecule has 1 aliphatic heterocycles. The van der Waals surface area contributed by atoms with E-state index in [-0.39, 0.29) is 12.1 Å². The molecule has 0 radical (unpaired) electrons.